The zero-order valence-electron chi connectivity index (χ0n) is 29.9. The first-order valence-corrected chi connectivity index (χ1v) is 19.4. The van der Waals surface area contributed by atoms with Gasteiger partial charge in [0.25, 0.3) is 0 Å². The largest absolute Gasteiger partial charge is 0.472 e. The maximum Gasteiger partial charge on any atom is 0.472 e. The molecule has 2 atom stereocenters. The van der Waals surface area contributed by atoms with E-state index in [-0.39, 0.29) is 26.1 Å². The molecule has 0 saturated carbocycles. The van der Waals surface area contributed by atoms with Gasteiger partial charge in [0.1, 0.15) is 19.8 Å². The van der Waals surface area contributed by atoms with Gasteiger partial charge >= 0.3 is 19.8 Å². The van der Waals surface area contributed by atoms with E-state index in [0.29, 0.717) is 23.9 Å². The molecular weight excluding hydrogens is 629 g/mol. The lowest BCUT2D eigenvalue weighted by atomic mass is 10.0. The lowest BCUT2D eigenvalue weighted by Crippen LogP contribution is -2.37. The van der Waals surface area contributed by atoms with Crippen LogP contribution in [0.4, 0.5) is 0 Å². The van der Waals surface area contributed by atoms with Gasteiger partial charge in [-0.15, -0.1) is 0 Å². The van der Waals surface area contributed by atoms with E-state index in [9.17, 15) is 19.0 Å². The molecule has 1 unspecified atom stereocenters. The van der Waals surface area contributed by atoms with Crippen molar-refractivity contribution < 1.29 is 42.1 Å². The third-order valence-electron chi connectivity index (χ3n) is 8.06. The molecule has 0 spiro atoms. The number of benzene rings is 2. The summed E-state index contributed by atoms with van der Waals surface area (Å²) in [6.45, 7) is 2.05. The molecule has 1 N–H and O–H groups in total. The van der Waals surface area contributed by atoms with E-state index < -0.39 is 32.5 Å². The zero-order valence-corrected chi connectivity index (χ0v) is 30.8. The maximum atomic E-state index is 12.7. The van der Waals surface area contributed by atoms with Crippen molar-refractivity contribution in [2.24, 2.45) is 0 Å². The minimum absolute atomic E-state index is 0.0159. The molecule has 0 saturated heterocycles. The van der Waals surface area contributed by atoms with E-state index in [1.807, 2.05) is 39.3 Å². The van der Waals surface area contributed by atoms with Gasteiger partial charge in [-0.3, -0.25) is 18.6 Å². The molecule has 270 valence electrons. The van der Waals surface area contributed by atoms with Crippen molar-refractivity contribution in [3.8, 4) is 11.1 Å². The van der Waals surface area contributed by atoms with Gasteiger partial charge in [-0.1, -0.05) is 126 Å². The van der Waals surface area contributed by atoms with Crippen LogP contribution in [-0.4, -0.2) is 74.9 Å². The summed E-state index contributed by atoms with van der Waals surface area (Å²) in [7, 11) is 1.42. The first-order chi connectivity index (χ1) is 23.0. The van der Waals surface area contributed by atoms with Crippen LogP contribution < -0.4 is 0 Å². The zero-order chi connectivity index (χ0) is 35.1. The molecule has 2 aromatic rings. The number of carbonyl (C=O) groups is 2. The van der Waals surface area contributed by atoms with Crippen molar-refractivity contribution in [3.63, 3.8) is 0 Å². The number of esters is 2. The molecule has 0 radical (unpaired) electrons. The maximum absolute atomic E-state index is 12.7. The Morgan fingerprint density at radius 2 is 1.27 bits per heavy atom. The van der Waals surface area contributed by atoms with Crippen LogP contribution in [0, 0.1) is 0 Å². The van der Waals surface area contributed by atoms with Gasteiger partial charge in [-0.25, -0.2) is 4.57 Å². The highest BCUT2D eigenvalue weighted by Crippen LogP contribution is 2.43. The van der Waals surface area contributed by atoms with Gasteiger partial charge in [0.2, 0.25) is 0 Å². The van der Waals surface area contributed by atoms with Crippen LogP contribution in [0.25, 0.3) is 11.1 Å². The predicted molar refractivity (Wildman–Crippen MR) is 191 cm³/mol. The highest BCUT2D eigenvalue weighted by atomic mass is 31.2. The smallest absolute Gasteiger partial charge is 0.462 e. The molecule has 0 bridgehead atoms. The van der Waals surface area contributed by atoms with Gasteiger partial charge in [0.15, 0.2) is 6.10 Å². The van der Waals surface area contributed by atoms with Crippen molar-refractivity contribution in [3.05, 3.63) is 60.2 Å². The summed E-state index contributed by atoms with van der Waals surface area (Å²) >= 11 is 0. The molecule has 0 heterocycles. The number of hydrogen-bond donors (Lipinski definition) is 1. The van der Waals surface area contributed by atoms with E-state index in [1.165, 1.54) is 51.4 Å². The lowest BCUT2D eigenvalue weighted by Gasteiger charge is -2.24. The molecule has 48 heavy (non-hydrogen) atoms. The average Bonchev–Trinajstić information content (AvgIpc) is 3.05. The molecule has 0 aromatic heterocycles. The second kappa shape index (κ2) is 23.7. The first kappa shape index (κ1) is 41.6. The van der Waals surface area contributed by atoms with E-state index in [0.717, 1.165) is 36.0 Å². The molecule has 0 fully saturated rings. The van der Waals surface area contributed by atoms with E-state index in [4.69, 9.17) is 18.5 Å². The van der Waals surface area contributed by atoms with Crippen LogP contribution in [0.1, 0.15) is 102 Å². The number of hydrogen-bond acceptors (Lipinski definition) is 7. The third-order valence-corrected chi connectivity index (χ3v) is 9.04. The van der Waals surface area contributed by atoms with Gasteiger partial charge < -0.3 is 18.9 Å². The number of phosphoric acid groups is 1. The lowest BCUT2D eigenvalue weighted by molar-refractivity contribution is -0.870. The summed E-state index contributed by atoms with van der Waals surface area (Å²) in [6.07, 6.45) is 13.6. The fourth-order valence-electron chi connectivity index (χ4n) is 5.13. The standard InChI is InChI=1S/C38H60NO8P/c1-5-6-7-8-9-10-11-12-13-14-18-23-37(40)44-31-36(32-46-48(42,43)45-30-29-39(2,3)4)47-38(41)24-19-20-33-25-27-35(28-26-33)34-21-16-15-17-22-34/h15-17,21-22,25-28,36H,5-14,18-20,23-24,29-32H2,1-4H3/p+1/t36-/m1/s1. The summed E-state index contributed by atoms with van der Waals surface area (Å²) < 4.78 is 34.2. The summed E-state index contributed by atoms with van der Waals surface area (Å²) in [5.74, 6) is -0.887. The van der Waals surface area contributed by atoms with Crippen LogP contribution >= 0.6 is 7.82 Å². The van der Waals surface area contributed by atoms with E-state index in [2.05, 4.69) is 43.3 Å². The topological polar surface area (TPSA) is 108 Å². The molecule has 2 aromatic carbocycles. The molecule has 0 amide bonds. The van der Waals surface area contributed by atoms with Crippen molar-refractivity contribution in [2.75, 3.05) is 47.5 Å². The monoisotopic (exact) mass is 690 g/mol. The number of unbranched alkanes of at least 4 members (excludes halogenated alkanes) is 10. The minimum Gasteiger partial charge on any atom is -0.462 e. The van der Waals surface area contributed by atoms with Gasteiger partial charge in [0, 0.05) is 12.8 Å². The highest BCUT2D eigenvalue weighted by molar-refractivity contribution is 7.47. The van der Waals surface area contributed by atoms with E-state index >= 15 is 0 Å². The second-order valence-electron chi connectivity index (χ2n) is 13.6. The molecule has 0 aliphatic rings. The summed E-state index contributed by atoms with van der Waals surface area (Å²) in [5.41, 5.74) is 3.37. The molecular formula is C38H61NO8P+. The number of rotatable bonds is 27. The Balaban J connectivity index is 1.77. The Labute approximate surface area is 289 Å². The average molecular weight is 691 g/mol. The number of likely N-dealkylation sites (N-methyl/N-ethyl adjacent to an activating group) is 1. The molecule has 2 rings (SSSR count). The minimum atomic E-state index is -4.39. The number of carbonyl (C=O) groups excluding carboxylic acids is 2. The second-order valence-corrected chi connectivity index (χ2v) is 15.1. The van der Waals surface area contributed by atoms with Crippen molar-refractivity contribution in [1.82, 2.24) is 0 Å². The quantitative estimate of drug-likeness (QED) is 0.0430. The SMILES string of the molecule is CCCCCCCCCCCCCC(=O)OC[C@H](COP(=O)(O)OCC[N+](C)(C)C)OC(=O)CCCc1ccc(-c2ccccc2)cc1. The van der Waals surface area contributed by atoms with Crippen molar-refractivity contribution >= 4 is 19.8 Å². The van der Waals surface area contributed by atoms with Gasteiger partial charge in [-0.2, -0.15) is 0 Å². The predicted octanol–water partition coefficient (Wildman–Crippen LogP) is 8.67. The summed E-state index contributed by atoms with van der Waals surface area (Å²) in [6, 6.07) is 18.4. The number of phosphoric ester groups is 1. The first-order valence-electron chi connectivity index (χ1n) is 17.9. The Kier molecular flexibility index (Phi) is 20.6. The molecule has 10 heteroatoms. The van der Waals surface area contributed by atoms with E-state index in [1.54, 1.807) is 0 Å². The van der Waals surface area contributed by atoms with Crippen LogP contribution in [0.15, 0.2) is 54.6 Å². The van der Waals surface area contributed by atoms with Crippen LogP contribution in [-0.2, 0) is 39.1 Å². The Hall–Kier alpha value is -2.55. The van der Waals surface area contributed by atoms with Crippen molar-refractivity contribution in [1.29, 1.82) is 0 Å². The number of aryl methyl sites for hydroxylation is 1. The van der Waals surface area contributed by atoms with Crippen molar-refractivity contribution in [2.45, 2.75) is 109 Å². The third kappa shape index (κ3) is 20.7. The van der Waals surface area contributed by atoms with Crippen LogP contribution in [0.5, 0.6) is 0 Å². The Morgan fingerprint density at radius 3 is 1.88 bits per heavy atom. The Bertz CT molecular complexity index is 1200. The van der Waals surface area contributed by atoms with Crippen LogP contribution in [0.3, 0.4) is 0 Å². The summed E-state index contributed by atoms with van der Waals surface area (Å²) in [5, 5.41) is 0. The van der Waals surface area contributed by atoms with Gasteiger partial charge in [0.05, 0.1) is 27.7 Å². The number of quaternary nitrogens is 1. The van der Waals surface area contributed by atoms with Crippen LogP contribution in [0.2, 0.25) is 0 Å². The Morgan fingerprint density at radius 1 is 0.708 bits per heavy atom. The summed E-state index contributed by atoms with van der Waals surface area (Å²) in [4.78, 5) is 35.3. The normalized spacial score (nSPS) is 13.5. The number of nitrogens with zero attached hydrogens (tertiary/aromatic N) is 1. The molecule has 0 aliphatic heterocycles. The van der Waals surface area contributed by atoms with Gasteiger partial charge in [-0.05, 0) is 36.0 Å². The fourth-order valence-corrected chi connectivity index (χ4v) is 5.87. The fraction of sp³-hybridized carbons (Fsp3) is 0.632. The molecule has 9 nitrogen and oxygen atoms in total. The molecule has 0 aliphatic carbocycles. The number of ether oxygens (including phenoxy) is 2. The highest BCUT2D eigenvalue weighted by Gasteiger charge is 2.27.